The van der Waals surface area contributed by atoms with Gasteiger partial charge in [0.25, 0.3) is 5.78 Å². The number of carbonyl (C=O) groups is 2. The fourth-order valence-corrected chi connectivity index (χ4v) is 4.09. The average Bonchev–Trinajstić information content (AvgIpc) is 3.40. The third kappa shape index (κ3) is 3.53. The predicted molar refractivity (Wildman–Crippen MR) is 115 cm³/mol. The molecule has 1 atom stereocenters. The summed E-state index contributed by atoms with van der Waals surface area (Å²) in [6.07, 6.45) is 0. The zero-order valence-electron chi connectivity index (χ0n) is 17.0. The number of anilines is 1. The molecule has 3 aromatic rings. The molecule has 1 aliphatic heterocycles. The molecule has 1 unspecified atom stereocenters. The van der Waals surface area contributed by atoms with E-state index in [2.05, 4.69) is 10.2 Å². The number of ketones is 1. The number of amides is 1. The molecule has 0 bridgehead atoms. The first-order chi connectivity index (χ1) is 15.0. The smallest absolute Gasteiger partial charge is 0.301 e. The normalized spacial score (nSPS) is 17.8. The van der Waals surface area contributed by atoms with Gasteiger partial charge in [0, 0.05) is 5.56 Å². The van der Waals surface area contributed by atoms with Crippen LogP contribution in [0, 0.1) is 6.92 Å². The minimum atomic E-state index is -0.908. The number of ether oxygens (including phenoxy) is 2. The molecule has 4 rings (SSSR count). The van der Waals surface area contributed by atoms with Gasteiger partial charge in [0.05, 0.1) is 25.8 Å². The lowest BCUT2D eigenvalue weighted by Crippen LogP contribution is -2.29. The van der Waals surface area contributed by atoms with E-state index in [-0.39, 0.29) is 16.5 Å². The quantitative estimate of drug-likeness (QED) is 0.370. The van der Waals surface area contributed by atoms with Gasteiger partial charge in [0.2, 0.25) is 5.13 Å². The van der Waals surface area contributed by atoms with E-state index in [0.717, 1.165) is 16.9 Å². The van der Waals surface area contributed by atoms with Crippen LogP contribution in [0.1, 0.15) is 22.7 Å². The maximum Gasteiger partial charge on any atom is 0.301 e. The van der Waals surface area contributed by atoms with Crippen LogP contribution < -0.4 is 14.4 Å². The molecular formula is C22H19N3O5S. The van der Waals surface area contributed by atoms with Crippen LogP contribution in [-0.4, -0.2) is 41.2 Å². The molecular weight excluding hydrogens is 418 g/mol. The number of aryl methyl sites for hydroxylation is 1. The molecule has 9 heteroatoms. The van der Waals surface area contributed by atoms with Crippen LogP contribution in [0.15, 0.2) is 53.5 Å². The Morgan fingerprint density at radius 1 is 1.06 bits per heavy atom. The second-order valence-electron chi connectivity index (χ2n) is 6.87. The number of rotatable bonds is 5. The molecule has 1 N–H and O–H groups in total. The third-order valence-electron chi connectivity index (χ3n) is 5.05. The number of aliphatic hydroxyl groups excluding tert-OH is 1. The van der Waals surface area contributed by atoms with E-state index in [1.165, 1.54) is 24.6 Å². The molecule has 158 valence electrons. The van der Waals surface area contributed by atoms with Crippen molar-refractivity contribution in [2.45, 2.75) is 13.0 Å². The molecule has 2 aromatic carbocycles. The molecule has 1 fully saturated rings. The first-order valence-corrected chi connectivity index (χ1v) is 10.2. The van der Waals surface area contributed by atoms with Crippen molar-refractivity contribution in [3.8, 4) is 11.5 Å². The number of aromatic nitrogens is 2. The van der Waals surface area contributed by atoms with E-state index in [9.17, 15) is 14.7 Å². The van der Waals surface area contributed by atoms with Gasteiger partial charge >= 0.3 is 5.91 Å². The molecule has 2 heterocycles. The molecule has 8 nitrogen and oxygen atoms in total. The lowest BCUT2D eigenvalue weighted by Gasteiger charge is -2.23. The first-order valence-electron chi connectivity index (χ1n) is 9.32. The Bertz CT molecular complexity index is 1170. The van der Waals surface area contributed by atoms with Gasteiger partial charge in [-0.3, -0.25) is 14.5 Å². The van der Waals surface area contributed by atoms with E-state index < -0.39 is 17.7 Å². The van der Waals surface area contributed by atoms with Gasteiger partial charge in [-0.15, -0.1) is 10.2 Å². The maximum atomic E-state index is 13.0. The highest BCUT2D eigenvalue weighted by Crippen LogP contribution is 2.44. The van der Waals surface area contributed by atoms with Gasteiger partial charge < -0.3 is 14.6 Å². The van der Waals surface area contributed by atoms with Gasteiger partial charge in [-0.25, -0.2) is 0 Å². The summed E-state index contributed by atoms with van der Waals surface area (Å²) in [7, 11) is 3.01. The summed E-state index contributed by atoms with van der Waals surface area (Å²) >= 11 is 1.12. The summed E-state index contributed by atoms with van der Waals surface area (Å²) in [5.41, 5.74) is 3.44. The number of benzene rings is 2. The van der Waals surface area contributed by atoms with Crippen molar-refractivity contribution in [3.05, 3.63) is 70.2 Å². The van der Waals surface area contributed by atoms with Crippen LogP contribution in [0.3, 0.4) is 0 Å². The monoisotopic (exact) mass is 437 g/mol. The van der Waals surface area contributed by atoms with Crippen LogP contribution in [0.25, 0.3) is 5.76 Å². The largest absolute Gasteiger partial charge is 0.507 e. The predicted octanol–water partition coefficient (Wildman–Crippen LogP) is 3.49. The summed E-state index contributed by atoms with van der Waals surface area (Å²) in [5, 5.41) is 19.1. The number of aliphatic hydroxyl groups is 1. The average molecular weight is 437 g/mol. The van der Waals surface area contributed by atoms with Crippen molar-refractivity contribution in [3.63, 3.8) is 0 Å². The molecule has 1 aliphatic rings. The van der Waals surface area contributed by atoms with E-state index in [1.54, 1.807) is 30.3 Å². The fourth-order valence-electron chi connectivity index (χ4n) is 3.51. The molecule has 0 aliphatic carbocycles. The topological polar surface area (TPSA) is 102 Å². The van der Waals surface area contributed by atoms with Gasteiger partial charge in [-0.05, 0) is 24.6 Å². The van der Waals surface area contributed by atoms with E-state index in [0.29, 0.717) is 22.6 Å². The number of Topliss-reactive ketones (excluding diaryl/α,β-unsaturated/α-hetero) is 1. The fraction of sp³-hybridized carbons (Fsp3) is 0.182. The summed E-state index contributed by atoms with van der Waals surface area (Å²) in [6.45, 7) is 1.92. The summed E-state index contributed by atoms with van der Waals surface area (Å²) < 4.78 is 10.7. The number of nitrogens with zero attached hydrogens (tertiary/aromatic N) is 3. The van der Waals surface area contributed by atoms with Crippen molar-refractivity contribution in [1.29, 1.82) is 0 Å². The molecule has 1 saturated heterocycles. The van der Waals surface area contributed by atoms with Crippen LogP contribution in [0.5, 0.6) is 11.5 Å². The standard InChI is InChI=1S/C22H19N3O5S/c1-12-4-6-13(7-5-12)19(26)17-18(14-8-9-15(29-2)16(10-14)30-3)25(21(28)20(17)27)22-24-23-11-31-22/h4-11,18,26H,1-3H3. The summed E-state index contributed by atoms with van der Waals surface area (Å²) in [6, 6.07) is 11.2. The van der Waals surface area contributed by atoms with Gasteiger partial charge in [0.1, 0.15) is 11.3 Å². The van der Waals surface area contributed by atoms with Crippen molar-refractivity contribution in [2.75, 3.05) is 19.1 Å². The van der Waals surface area contributed by atoms with Gasteiger partial charge in [-0.2, -0.15) is 0 Å². The zero-order chi connectivity index (χ0) is 22.1. The highest BCUT2D eigenvalue weighted by molar-refractivity contribution is 7.13. The van der Waals surface area contributed by atoms with Crippen LogP contribution in [-0.2, 0) is 9.59 Å². The highest BCUT2D eigenvalue weighted by atomic mass is 32.1. The summed E-state index contributed by atoms with van der Waals surface area (Å²) in [5.74, 6) is -0.917. The minimum Gasteiger partial charge on any atom is -0.507 e. The van der Waals surface area contributed by atoms with Crippen LogP contribution in [0.4, 0.5) is 5.13 Å². The van der Waals surface area contributed by atoms with Crippen molar-refractivity contribution in [1.82, 2.24) is 10.2 Å². The molecule has 0 radical (unpaired) electrons. The second-order valence-corrected chi connectivity index (χ2v) is 7.68. The lowest BCUT2D eigenvalue weighted by atomic mass is 9.95. The second kappa shape index (κ2) is 8.19. The lowest BCUT2D eigenvalue weighted by molar-refractivity contribution is -0.132. The first kappa shape index (κ1) is 20.5. The number of hydrogen-bond acceptors (Lipinski definition) is 8. The van der Waals surface area contributed by atoms with E-state index >= 15 is 0 Å². The highest BCUT2D eigenvalue weighted by Gasteiger charge is 2.48. The Morgan fingerprint density at radius 3 is 2.39 bits per heavy atom. The van der Waals surface area contributed by atoms with Crippen LogP contribution >= 0.6 is 11.3 Å². The molecule has 0 spiro atoms. The van der Waals surface area contributed by atoms with E-state index in [4.69, 9.17) is 9.47 Å². The molecule has 1 amide bonds. The molecule has 1 aromatic heterocycles. The molecule has 0 saturated carbocycles. The Morgan fingerprint density at radius 2 is 1.77 bits per heavy atom. The Balaban J connectivity index is 1.94. The maximum absolute atomic E-state index is 13.0. The zero-order valence-corrected chi connectivity index (χ0v) is 17.8. The Hall–Kier alpha value is -3.72. The van der Waals surface area contributed by atoms with Gasteiger partial charge in [0.15, 0.2) is 11.5 Å². The van der Waals surface area contributed by atoms with Gasteiger partial charge in [-0.1, -0.05) is 47.2 Å². The third-order valence-corrected chi connectivity index (χ3v) is 5.74. The molecule has 31 heavy (non-hydrogen) atoms. The van der Waals surface area contributed by atoms with Crippen molar-refractivity contribution >= 4 is 33.9 Å². The number of hydrogen-bond donors (Lipinski definition) is 1. The SMILES string of the molecule is COc1ccc(C2C(=C(O)c3ccc(C)cc3)C(=O)C(=O)N2c2nncs2)cc1OC. The summed E-state index contributed by atoms with van der Waals surface area (Å²) in [4.78, 5) is 27.3. The van der Waals surface area contributed by atoms with Crippen molar-refractivity contribution in [2.24, 2.45) is 0 Å². The number of carbonyl (C=O) groups excluding carboxylic acids is 2. The Labute approximate surface area is 182 Å². The minimum absolute atomic E-state index is 0.0312. The number of methoxy groups -OCH3 is 2. The van der Waals surface area contributed by atoms with E-state index in [1.807, 2.05) is 19.1 Å². The van der Waals surface area contributed by atoms with Crippen LogP contribution in [0.2, 0.25) is 0 Å². The van der Waals surface area contributed by atoms with Crippen molar-refractivity contribution < 1.29 is 24.2 Å². The Kier molecular flexibility index (Phi) is 5.43.